The Morgan fingerprint density at radius 2 is 2.20 bits per heavy atom. The molecule has 0 aromatic carbocycles. The van der Waals surface area contributed by atoms with Crippen LogP contribution in [0.3, 0.4) is 0 Å². The Kier molecular flexibility index (Phi) is 2.96. The molecule has 0 aliphatic carbocycles. The number of carbonyl (C=O) groups excluding carboxylic acids is 1. The van der Waals surface area contributed by atoms with Crippen molar-refractivity contribution in [3.63, 3.8) is 0 Å². The van der Waals surface area contributed by atoms with Gasteiger partial charge in [-0.15, -0.1) is 0 Å². The van der Waals surface area contributed by atoms with Crippen molar-refractivity contribution < 1.29 is 9.90 Å². The summed E-state index contributed by atoms with van der Waals surface area (Å²) in [5.41, 5.74) is 5.67. The molecule has 0 saturated carbocycles. The second-order valence-electron chi connectivity index (χ2n) is 5.27. The zero-order chi connectivity index (χ0) is 14.2. The number of piperidine rings is 1. The number of guanidine groups is 1. The number of likely N-dealkylation sites (tertiary alicyclic amines) is 1. The Bertz CT molecular complexity index is 564. The Morgan fingerprint density at radius 3 is 2.80 bits per heavy atom. The number of aromatic nitrogens is 1. The van der Waals surface area contributed by atoms with Crippen LogP contribution >= 0.6 is 0 Å². The Balaban J connectivity index is 1.67. The average molecular weight is 275 g/mol. The van der Waals surface area contributed by atoms with E-state index in [1.54, 1.807) is 11.0 Å². The monoisotopic (exact) mass is 275 g/mol. The summed E-state index contributed by atoms with van der Waals surface area (Å²) in [4.78, 5) is 22.2. The number of hydrogen-bond donors (Lipinski definition) is 3. The molecule has 0 atom stereocenters. The molecular weight excluding hydrogens is 258 g/mol. The van der Waals surface area contributed by atoms with Gasteiger partial charge < -0.3 is 21.1 Å². The van der Waals surface area contributed by atoms with Gasteiger partial charge in [-0.3, -0.25) is 9.79 Å². The minimum Gasteiger partial charge on any atom is -0.505 e. The van der Waals surface area contributed by atoms with E-state index in [0.29, 0.717) is 25.6 Å². The van der Waals surface area contributed by atoms with Crippen molar-refractivity contribution in [3.05, 3.63) is 24.0 Å². The van der Waals surface area contributed by atoms with Crippen molar-refractivity contribution in [2.75, 3.05) is 19.6 Å². The molecule has 0 radical (unpaired) electrons. The van der Waals surface area contributed by atoms with Crippen LogP contribution in [0, 0.1) is 0 Å². The van der Waals surface area contributed by atoms with E-state index < -0.39 is 0 Å². The number of aromatic hydroxyl groups is 1. The van der Waals surface area contributed by atoms with Gasteiger partial charge in [-0.05, 0) is 25.0 Å². The summed E-state index contributed by atoms with van der Waals surface area (Å²) in [5.74, 6) is 0.168. The fraction of sp³-hybridized carbons (Fsp3) is 0.462. The van der Waals surface area contributed by atoms with Gasteiger partial charge in [0.1, 0.15) is 5.75 Å². The average Bonchev–Trinajstić information content (AvgIpc) is 2.81. The third-order valence-corrected chi connectivity index (χ3v) is 3.94. The highest BCUT2D eigenvalue weighted by molar-refractivity contribution is 5.94. The molecule has 1 spiro atoms. The molecule has 0 unspecified atom stereocenters. The van der Waals surface area contributed by atoms with Crippen molar-refractivity contribution in [2.24, 2.45) is 10.7 Å². The number of amides is 1. The lowest BCUT2D eigenvalue weighted by molar-refractivity contribution is 0.0659. The summed E-state index contributed by atoms with van der Waals surface area (Å²) in [6, 6.07) is 3.07. The molecule has 1 fully saturated rings. The van der Waals surface area contributed by atoms with Crippen LogP contribution in [0.4, 0.5) is 0 Å². The van der Waals surface area contributed by atoms with Crippen molar-refractivity contribution >= 4 is 11.9 Å². The summed E-state index contributed by atoms with van der Waals surface area (Å²) in [7, 11) is 0. The molecule has 3 rings (SSSR count). The van der Waals surface area contributed by atoms with Crippen LogP contribution < -0.4 is 11.1 Å². The molecule has 106 valence electrons. The van der Waals surface area contributed by atoms with E-state index in [2.05, 4.69) is 15.3 Å². The SMILES string of the molecule is NC1=NCC2(CCN(C(=O)c3ncccc3O)CC2)N1. The first kappa shape index (κ1) is 12.7. The number of nitrogens with one attached hydrogen (secondary N) is 1. The highest BCUT2D eigenvalue weighted by atomic mass is 16.3. The molecule has 0 bridgehead atoms. The fourth-order valence-electron chi connectivity index (χ4n) is 2.72. The normalized spacial score (nSPS) is 20.6. The summed E-state index contributed by atoms with van der Waals surface area (Å²) >= 11 is 0. The molecule has 7 nitrogen and oxygen atoms in total. The van der Waals surface area contributed by atoms with Gasteiger partial charge in [0.25, 0.3) is 5.91 Å². The van der Waals surface area contributed by atoms with Gasteiger partial charge in [0.2, 0.25) is 0 Å². The lowest BCUT2D eigenvalue weighted by Crippen LogP contribution is -2.55. The Morgan fingerprint density at radius 1 is 1.45 bits per heavy atom. The van der Waals surface area contributed by atoms with Crippen molar-refractivity contribution in [1.82, 2.24) is 15.2 Å². The van der Waals surface area contributed by atoms with Crippen LogP contribution in [0.2, 0.25) is 0 Å². The number of nitrogens with two attached hydrogens (primary N) is 1. The van der Waals surface area contributed by atoms with E-state index in [0.717, 1.165) is 12.8 Å². The van der Waals surface area contributed by atoms with Gasteiger partial charge in [0, 0.05) is 19.3 Å². The summed E-state index contributed by atoms with van der Waals surface area (Å²) in [6.07, 6.45) is 3.08. The molecular formula is C13H17N5O2. The smallest absolute Gasteiger partial charge is 0.276 e. The largest absolute Gasteiger partial charge is 0.505 e. The zero-order valence-corrected chi connectivity index (χ0v) is 11.0. The fourth-order valence-corrected chi connectivity index (χ4v) is 2.72. The van der Waals surface area contributed by atoms with Crippen molar-refractivity contribution in [3.8, 4) is 5.75 Å². The quantitative estimate of drug-likeness (QED) is 0.651. The van der Waals surface area contributed by atoms with Crippen LogP contribution in [0.1, 0.15) is 23.3 Å². The Labute approximate surface area is 116 Å². The highest BCUT2D eigenvalue weighted by Gasteiger charge is 2.39. The van der Waals surface area contributed by atoms with Gasteiger partial charge in [0.05, 0.1) is 12.1 Å². The van der Waals surface area contributed by atoms with E-state index >= 15 is 0 Å². The van der Waals surface area contributed by atoms with Gasteiger partial charge in [-0.25, -0.2) is 4.98 Å². The number of rotatable bonds is 1. The van der Waals surface area contributed by atoms with Crippen molar-refractivity contribution in [1.29, 1.82) is 0 Å². The first-order valence-electron chi connectivity index (χ1n) is 6.61. The predicted octanol–water partition coefficient (Wildman–Crippen LogP) is -0.320. The molecule has 4 N–H and O–H groups in total. The minimum absolute atomic E-state index is 0.0793. The molecule has 2 aliphatic rings. The predicted molar refractivity (Wildman–Crippen MR) is 73.4 cm³/mol. The Hall–Kier alpha value is -2.31. The second-order valence-corrected chi connectivity index (χ2v) is 5.27. The van der Waals surface area contributed by atoms with Crippen molar-refractivity contribution in [2.45, 2.75) is 18.4 Å². The minimum atomic E-state index is -0.232. The van der Waals surface area contributed by atoms with Crippen LogP contribution in [0.15, 0.2) is 23.3 Å². The maximum atomic E-state index is 12.3. The van der Waals surface area contributed by atoms with Gasteiger partial charge in [-0.1, -0.05) is 0 Å². The van der Waals surface area contributed by atoms with Crippen LogP contribution in [0.25, 0.3) is 0 Å². The van der Waals surface area contributed by atoms with E-state index in [1.165, 1.54) is 12.3 Å². The first-order chi connectivity index (χ1) is 9.60. The van der Waals surface area contributed by atoms with E-state index in [4.69, 9.17) is 5.73 Å². The summed E-state index contributed by atoms with van der Waals surface area (Å²) < 4.78 is 0. The molecule has 20 heavy (non-hydrogen) atoms. The summed E-state index contributed by atoms with van der Waals surface area (Å²) in [5, 5.41) is 12.9. The number of nitrogens with zero attached hydrogens (tertiary/aromatic N) is 3. The van der Waals surface area contributed by atoms with E-state index in [9.17, 15) is 9.90 Å². The number of hydrogen-bond acceptors (Lipinski definition) is 6. The first-order valence-corrected chi connectivity index (χ1v) is 6.61. The third-order valence-electron chi connectivity index (χ3n) is 3.94. The van der Waals surface area contributed by atoms with Gasteiger partial charge in [0.15, 0.2) is 11.7 Å². The third kappa shape index (κ3) is 2.15. The molecule has 2 aliphatic heterocycles. The lowest BCUT2D eigenvalue weighted by Gasteiger charge is -2.38. The lowest BCUT2D eigenvalue weighted by atomic mass is 9.88. The van der Waals surface area contributed by atoms with Crippen LogP contribution in [0.5, 0.6) is 5.75 Å². The van der Waals surface area contributed by atoms with Crippen LogP contribution in [-0.2, 0) is 0 Å². The molecule has 3 heterocycles. The number of aliphatic imine (C=N–C) groups is 1. The van der Waals surface area contributed by atoms with Gasteiger partial charge in [-0.2, -0.15) is 0 Å². The van der Waals surface area contributed by atoms with Crippen LogP contribution in [-0.4, -0.2) is 52.0 Å². The highest BCUT2D eigenvalue weighted by Crippen LogP contribution is 2.27. The molecule has 1 aromatic rings. The summed E-state index contributed by atoms with van der Waals surface area (Å²) in [6.45, 7) is 1.87. The zero-order valence-electron chi connectivity index (χ0n) is 11.0. The maximum Gasteiger partial charge on any atom is 0.276 e. The molecule has 1 amide bonds. The molecule has 1 aromatic heterocycles. The topological polar surface area (TPSA) is 104 Å². The number of pyridine rings is 1. The van der Waals surface area contributed by atoms with E-state index in [-0.39, 0.29) is 22.9 Å². The van der Waals surface area contributed by atoms with Gasteiger partial charge >= 0.3 is 0 Å². The van der Waals surface area contributed by atoms with E-state index in [1.807, 2.05) is 0 Å². The molecule has 1 saturated heterocycles. The molecule has 7 heteroatoms. The standard InChI is InChI=1S/C13H17N5O2/c14-12-16-8-13(17-12)3-6-18(7-4-13)11(20)10-9(19)2-1-5-15-10/h1-2,5,19H,3-4,6-8H2,(H3,14,16,17). The maximum absolute atomic E-state index is 12.3. The second kappa shape index (κ2) is 4.66. The number of carbonyl (C=O) groups is 1.